The second kappa shape index (κ2) is 8.21. The van der Waals surface area contributed by atoms with E-state index in [1.54, 1.807) is 6.20 Å². The number of aromatic nitrogens is 1. The molecule has 138 valence electrons. The molecule has 0 radical (unpaired) electrons. The lowest BCUT2D eigenvalue weighted by molar-refractivity contribution is 0.0596. The summed E-state index contributed by atoms with van der Waals surface area (Å²) in [6, 6.07) is 11.9. The van der Waals surface area contributed by atoms with E-state index < -0.39 is 0 Å². The average Bonchev–Trinajstić information content (AvgIpc) is 2.68. The Morgan fingerprint density at radius 1 is 1.23 bits per heavy atom. The maximum absolute atomic E-state index is 12.9. The minimum Gasteiger partial charge on any atom is -0.490 e. The van der Waals surface area contributed by atoms with Crippen LogP contribution < -0.4 is 9.64 Å². The fourth-order valence-corrected chi connectivity index (χ4v) is 3.30. The first-order valence-electron chi connectivity index (χ1n) is 9.25. The number of benzene rings is 1. The van der Waals surface area contributed by atoms with Crippen LogP contribution in [0.1, 0.15) is 35.7 Å². The van der Waals surface area contributed by atoms with Crippen LogP contribution in [0.4, 0.5) is 5.82 Å². The second-order valence-corrected chi connectivity index (χ2v) is 6.88. The van der Waals surface area contributed by atoms with Gasteiger partial charge in [0.15, 0.2) is 0 Å². The molecule has 0 N–H and O–H groups in total. The van der Waals surface area contributed by atoms with Gasteiger partial charge in [0, 0.05) is 46.2 Å². The van der Waals surface area contributed by atoms with E-state index >= 15 is 0 Å². The van der Waals surface area contributed by atoms with Crippen LogP contribution in [0.2, 0.25) is 0 Å². The minimum atomic E-state index is 0.0493. The first-order valence-corrected chi connectivity index (χ1v) is 9.25. The summed E-state index contributed by atoms with van der Waals surface area (Å²) in [5, 5.41) is 0. The molecule has 0 spiro atoms. The molecular weight excluding hydrogens is 326 g/mol. The molecule has 0 unspecified atom stereocenters. The standard InChI is InChI=1S/C21H27N3O2/c1-4-16-7-5-8-18(15-16)26-17-10-13-24(14-11-17)21(25)19-9-6-12-22-20(19)23(2)3/h5-9,12,15,17H,4,10-11,13-14H2,1-3H3. The van der Waals surface area contributed by atoms with Crippen LogP contribution >= 0.6 is 0 Å². The number of anilines is 1. The molecule has 26 heavy (non-hydrogen) atoms. The monoisotopic (exact) mass is 353 g/mol. The molecule has 2 aromatic rings. The van der Waals surface area contributed by atoms with Crippen molar-refractivity contribution in [3.8, 4) is 5.75 Å². The van der Waals surface area contributed by atoms with Crippen molar-refractivity contribution < 1.29 is 9.53 Å². The van der Waals surface area contributed by atoms with Crippen LogP contribution in [0.15, 0.2) is 42.6 Å². The molecule has 5 nitrogen and oxygen atoms in total. The van der Waals surface area contributed by atoms with Gasteiger partial charge in [0.25, 0.3) is 5.91 Å². The predicted octanol–water partition coefficient (Wildman–Crippen LogP) is 3.39. The lowest BCUT2D eigenvalue weighted by Crippen LogP contribution is -2.42. The van der Waals surface area contributed by atoms with E-state index in [9.17, 15) is 4.79 Å². The van der Waals surface area contributed by atoms with Crippen molar-refractivity contribution in [2.45, 2.75) is 32.3 Å². The SMILES string of the molecule is CCc1cccc(OC2CCN(C(=O)c3cccnc3N(C)C)CC2)c1. The molecule has 0 saturated carbocycles. The quantitative estimate of drug-likeness (QED) is 0.826. The van der Waals surface area contributed by atoms with E-state index in [1.807, 2.05) is 48.2 Å². The molecular formula is C21H27N3O2. The lowest BCUT2D eigenvalue weighted by atomic mass is 10.1. The number of hydrogen-bond acceptors (Lipinski definition) is 4. The Morgan fingerprint density at radius 3 is 2.69 bits per heavy atom. The van der Waals surface area contributed by atoms with Crippen LogP contribution in [0.3, 0.4) is 0 Å². The smallest absolute Gasteiger partial charge is 0.257 e. The number of hydrogen-bond donors (Lipinski definition) is 0. The van der Waals surface area contributed by atoms with Crippen molar-refractivity contribution in [1.29, 1.82) is 0 Å². The van der Waals surface area contributed by atoms with Crippen LogP contribution in [-0.4, -0.2) is 49.1 Å². The molecule has 0 atom stereocenters. The highest BCUT2D eigenvalue weighted by molar-refractivity contribution is 5.98. The molecule has 1 aromatic heterocycles. The summed E-state index contributed by atoms with van der Waals surface area (Å²) in [6.45, 7) is 3.56. The second-order valence-electron chi connectivity index (χ2n) is 6.88. The van der Waals surface area contributed by atoms with Gasteiger partial charge in [0.1, 0.15) is 17.7 Å². The summed E-state index contributed by atoms with van der Waals surface area (Å²) >= 11 is 0. The Morgan fingerprint density at radius 2 is 2.00 bits per heavy atom. The third kappa shape index (κ3) is 4.15. The van der Waals surface area contributed by atoms with E-state index in [0.29, 0.717) is 24.5 Å². The molecule has 5 heteroatoms. The molecule has 1 saturated heterocycles. The van der Waals surface area contributed by atoms with Gasteiger partial charge in [-0.2, -0.15) is 0 Å². The van der Waals surface area contributed by atoms with Gasteiger partial charge in [-0.05, 0) is 36.2 Å². The Labute approximate surface area is 155 Å². The Bertz CT molecular complexity index is 752. The van der Waals surface area contributed by atoms with E-state index in [1.165, 1.54) is 5.56 Å². The van der Waals surface area contributed by atoms with E-state index in [-0.39, 0.29) is 12.0 Å². The van der Waals surface area contributed by atoms with Gasteiger partial charge in [-0.3, -0.25) is 4.79 Å². The number of aryl methyl sites for hydroxylation is 1. The highest BCUT2D eigenvalue weighted by Gasteiger charge is 2.26. The lowest BCUT2D eigenvalue weighted by Gasteiger charge is -2.33. The zero-order valence-electron chi connectivity index (χ0n) is 15.8. The summed E-state index contributed by atoms with van der Waals surface area (Å²) in [5.74, 6) is 1.69. The number of amides is 1. The highest BCUT2D eigenvalue weighted by Crippen LogP contribution is 2.23. The first kappa shape index (κ1) is 18.2. The average molecular weight is 353 g/mol. The zero-order chi connectivity index (χ0) is 18.5. The van der Waals surface area contributed by atoms with E-state index in [4.69, 9.17) is 4.74 Å². The Balaban J connectivity index is 1.61. The van der Waals surface area contributed by atoms with Gasteiger partial charge >= 0.3 is 0 Å². The van der Waals surface area contributed by atoms with Crippen molar-refractivity contribution >= 4 is 11.7 Å². The number of pyridine rings is 1. The molecule has 2 heterocycles. The number of carbonyl (C=O) groups is 1. The summed E-state index contributed by atoms with van der Waals surface area (Å²) in [4.78, 5) is 21.0. The molecule has 1 aromatic carbocycles. The van der Waals surface area contributed by atoms with Crippen LogP contribution in [-0.2, 0) is 6.42 Å². The Hall–Kier alpha value is -2.56. The molecule has 1 fully saturated rings. The van der Waals surface area contributed by atoms with Gasteiger partial charge in [0.05, 0.1) is 5.56 Å². The summed E-state index contributed by atoms with van der Waals surface area (Å²) in [7, 11) is 3.81. The molecule has 1 aliphatic heterocycles. The Kier molecular flexibility index (Phi) is 5.76. The van der Waals surface area contributed by atoms with E-state index in [2.05, 4.69) is 24.0 Å². The van der Waals surface area contributed by atoms with Gasteiger partial charge in [-0.1, -0.05) is 19.1 Å². The molecule has 1 aliphatic rings. The normalized spacial score (nSPS) is 15.0. The maximum atomic E-state index is 12.9. The van der Waals surface area contributed by atoms with Gasteiger partial charge in [0.2, 0.25) is 0 Å². The molecule has 3 rings (SSSR count). The maximum Gasteiger partial charge on any atom is 0.257 e. The third-order valence-corrected chi connectivity index (χ3v) is 4.78. The first-order chi connectivity index (χ1) is 12.6. The van der Waals surface area contributed by atoms with Crippen molar-refractivity contribution in [2.24, 2.45) is 0 Å². The van der Waals surface area contributed by atoms with Gasteiger partial charge < -0.3 is 14.5 Å². The number of carbonyl (C=O) groups excluding carboxylic acids is 1. The van der Waals surface area contributed by atoms with Crippen LogP contribution in [0.25, 0.3) is 0 Å². The van der Waals surface area contributed by atoms with Crippen molar-refractivity contribution in [2.75, 3.05) is 32.1 Å². The summed E-state index contributed by atoms with van der Waals surface area (Å²) in [5.41, 5.74) is 1.94. The largest absolute Gasteiger partial charge is 0.490 e. The fraction of sp³-hybridized carbons (Fsp3) is 0.429. The summed E-state index contributed by atoms with van der Waals surface area (Å²) < 4.78 is 6.13. The number of likely N-dealkylation sites (tertiary alicyclic amines) is 1. The number of piperidine rings is 1. The number of ether oxygens (including phenoxy) is 1. The topological polar surface area (TPSA) is 45.7 Å². The zero-order valence-corrected chi connectivity index (χ0v) is 15.8. The van der Waals surface area contributed by atoms with Gasteiger partial charge in [-0.15, -0.1) is 0 Å². The molecule has 0 bridgehead atoms. The van der Waals surface area contributed by atoms with Crippen molar-refractivity contribution in [3.05, 3.63) is 53.7 Å². The number of rotatable bonds is 5. The van der Waals surface area contributed by atoms with E-state index in [0.717, 1.165) is 25.0 Å². The highest BCUT2D eigenvalue weighted by atomic mass is 16.5. The number of nitrogens with zero attached hydrogens (tertiary/aromatic N) is 3. The fourth-order valence-electron chi connectivity index (χ4n) is 3.30. The molecule has 1 amide bonds. The van der Waals surface area contributed by atoms with Gasteiger partial charge in [-0.25, -0.2) is 4.98 Å². The third-order valence-electron chi connectivity index (χ3n) is 4.78. The predicted molar refractivity (Wildman–Crippen MR) is 104 cm³/mol. The van der Waals surface area contributed by atoms with Crippen LogP contribution in [0.5, 0.6) is 5.75 Å². The van der Waals surface area contributed by atoms with Crippen LogP contribution in [0, 0.1) is 0 Å². The summed E-state index contributed by atoms with van der Waals surface area (Å²) in [6.07, 6.45) is 4.58. The van der Waals surface area contributed by atoms with Crippen molar-refractivity contribution in [1.82, 2.24) is 9.88 Å². The molecule has 0 aliphatic carbocycles. The van der Waals surface area contributed by atoms with Crippen molar-refractivity contribution in [3.63, 3.8) is 0 Å². The minimum absolute atomic E-state index is 0.0493.